The second-order valence-electron chi connectivity index (χ2n) is 4.53. The monoisotopic (exact) mass is 402 g/mol. The van der Waals surface area contributed by atoms with Gasteiger partial charge >= 0.3 is 5.97 Å². The molecule has 2 amide bonds. The molecule has 0 atom stereocenters. The summed E-state index contributed by atoms with van der Waals surface area (Å²) in [5.74, 6) is -1.13. The lowest BCUT2D eigenvalue weighted by atomic mass is 10.4. The van der Waals surface area contributed by atoms with E-state index in [4.69, 9.17) is 4.74 Å². The summed E-state index contributed by atoms with van der Waals surface area (Å²) < 4.78 is 5.81. The van der Waals surface area contributed by atoms with E-state index in [1.54, 1.807) is 0 Å². The van der Waals surface area contributed by atoms with Gasteiger partial charge in [-0.3, -0.25) is 14.4 Å². The number of rotatable bonds is 9. The molecule has 126 valence electrons. The normalized spacial score (nSPS) is 10.0. The fourth-order valence-electron chi connectivity index (χ4n) is 1.42. The molecule has 0 saturated heterocycles. The number of hydrogen-bond acceptors (Lipinski definition) is 5. The number of hydrogen-bond donors (Lipinski definition) is 2. The molecule has 0 bridgehead atoms. The van der Waals surface area contributed by atoms with Crippen molar-refractivity contribution in [3.8, 4) is 0 Å². The number of carbonyl (C=O) groups excluding carboxylic acids is 3. The number of thioether (sulfide) groups is 1. The van der Waals surface area contributed by atoms with Gasteiger partial charge in [-0.1, -0.05) is 22.9 Å². The Hall–Kier alpha value is -1.54. The van der Waals surface area contributed by atoms with E-state index in [0.29, 0.717) is 6.54 Å². The fraction of sp³-hybridized carbons (Fsp3) is 0.400. The molecular formula is C15H19BrN2O4S. The average molecular weight is 403 g/mol. The number of benzene rings is 1. The van der Waals surface area contributed by atoms with Crippen molar-refractivity contribution in [2.75, 3.05) is 25.4 Å². The van der Waals surface area contributed by atoms with Crippen LogP contribution in [0, 0.1) is 0 Å². The fourth-order valence-corrected chi connectivity index (χ4v) is 2.38. The number of nitrogens with one attached hydrogen (secondary N) is 2. The van der Waals surface area contributed by atoms with Gasteiger partial charge in [0.2, 0.25) is 5.91 Å². The molecule has 1 rings (SSSR count). The summed E-state index contributed by atoms with van der Waals surface area (Å²) in [6.45, 7) is 1.99. The number of amides is 2. The number of carbonyl (C=O) groups is 3. The van der Waals surface area contributed by atoms with Gasteiger partial charge in [0.1, 0.15) is 0 Å². The van der Waals surface area contributed by atoms with Crippen molar-refractivity contribution >= 4 is 45.5 Å². The SMILES string of the molecule is CCCNC(=O)CNC(=O)COC(=O)CSc1ccc(Br)cc1. The largest absolute Gasteiger partial charge is 0.455 e. The maximum Gasteiger partial charge on any atom is 0.316 e. The second kappa shape index (κ2) is 11.1. The van der Waals surface area contributed by atoms with E-state index in [1.165, 1.54) is 11.8 Å². The summed E-state index contributed by atoms with van der Waals surface area (Å²) in [6, 6.07) is 7.52. The lowest BCUT2D eigenvalue weighted by Crippen LogP contribution is -2.39. The Morgan fingerprint density at radius 2 is 1.83 bits per heavy atom. The number of ether oxygens (including phenoxy) is 1. The third-order valence-corrected chi connectivity index (χ3v) is 4.07. The first-order chi connectivity index (χ1) is 11.0. The van der Waals surface area contributed by atoms with E-state index >= 15 is 0 Å². The summed E-state index contributed by atoms with van der Waals surface area (Å²) in [4.78, 5) is 35.2. The molecule has 0 spiro atoms. The summed E-state index contributed by atoms with van der Waals surface area (Å²) in [5, 5.41) is 5.01. The highest BCUT2D eigenvalue weighted by molar-refractivity contribution is 9.10. The second-order valence-corrected chi connectivity index (χ2v) is 6.49. The van der Waals surface area contributed by atoms with Crippen LogP contribution in [0.15, 0.2) is 33.6 Å². The van der Waals surface area contributed by atoms with E-state index in [0.717, 1.165) is 15.8 Å². The Bertz CT molecular complexity index is 537. The number of halogens is 1. The van der Waals surface area contributed by atoms with Crippen molar-refractivity contribution in [2.24, 2.45) is 0 Å². The maximum atomic E-state index is 11.6. The molecule has 1 aromatic rings. The lowest BCUT2D eigenvalue weighted by molar-refractivity contribution is -0.146. The van der Waals surface area contributed by atoms with E-state index in [9.17, 15) is 14.4 Å². The van der Waals surface area contributed by atoms with Gasteiger partial charge in [-0.2, -0.15) is 0 Å². The van der Waals surface area contributed by atoms with Gasteiger partial charge in [0.25, 0.3) is 5.91 Å². The molecule has 0 saturated carbocycles. The van der Waals surface area contributed by atoms with Crippen molar-refractivity contribution in [1.29, 1.82) is 0 Å². The Morgan fingerprint density at radius 1 is 1.13 bits per heavy atom. The zero-order chi connectivity index (χ0) is 17.1. The molecule has 0 aliphatic rings. The van der Waals surface area contributed by atoms with Crippen molar-refractivity contribution in [2.45, 2.75) is 18.2 Å². The number of esters is 1. The van der Waals surface area contributed by atoms with Gasteiger partial charge in [-0.15, -0.1) is 11.8 Å². The summed E-state index contributed by atoms with van der Waals surface area (Å²) >= 11 is 4.66. The molecule has 2 N–H and O–H groups in total. The summed E-state index contributed by atoms with van der Waals surface area (Å²) in [5.41, 5.74) is 0. The molecule has 1 aromatic carbocycles. The van der Waals surface area contributed by atoms with Gasteiger partial charge < -0.3 is 15.4 Å². The first-order valence-corrected chi connectivity index (χ1v) is 8.86. The zero-order valence-electron chi connectivity index (χ0n) is 12.8. The topological polar surface area (TPSA) is 84.5 Å². The molecule has 6 nitrogen and oxygen atoms in total. The molecule has 23 heavy (non-hydrogen) atoms. The van der Waals surface area contributed by atoms with Crippen LogP contribution >= 0.6 is 27.7 Å². The molecule has 0 unspecified atom stereocenters. The first kappa shape index (κ1) is 19.5. The highest BCUT2D eigenvalue weighted by Gasteiger charge is 2.09. The van der Waals surface area contributed by atoms with Crippen LogP contribution in [0.2, 0.25) is 0 Å². The molecule has 0 fully saturated rings. The average Bonchev–Trinajstić information content (AvgIpc) is 2.55. The first-order valence-electron chi connectivity index (χ1n) is 7.08. The van der Waals surface area contributed by atoms with Crippen LogP contribution in [0.5, 0.6) is 0 Å². The minimum Gasteiger partial charge on any atom is -0.455 e. The molecule has 8 heteroatoms. The minimum absolute atomic E-state index is 0.117. The third-order valence-electron chi connectivity index (χ3n) is 2.55. The van der Waals surface area contributed by atoms with Crippen molar-refractivity contribution < 1.29 is 19.1 Å². The van der Waals surface area contributed by atoms with Gasteiger partial charge in [-0.25, -0.2) is 0 Å². The van der Waals surface area contributed by atoms with Crippen LogP contribution in [0.4, 0.5) is 0 Å². The standard InChI is InChI=1S/C15H19BrN2O4S/c1-2-7-17-13(19)8-18-14(20)9-22-15(21)10-23-12-5-3-11(16)4-6-12/h3-6H,2,7-10H2,1H3,(H,17,19)(H,18,20). The van der Waals surface area contributed by atoms with Crippen LogP contribution in [-0.4, -0.2) is 43.2 Å². The van der Waals surface area contributed by atoms with Gasteiger partial charge in [0.15, 0.2) is 6.61 Å². The van der Waals surface area contributed by atoms with Crippen LogP contribution < -0.4 is 10.6 Å². The van der Waals surface area contributed by atoms with Crippen LogP contribution in [0.1, 0.15) is 13.3 Å². The van der Waals surface area contributed by atoms with Crippen LogP contribution in [0.3, 0.4) is 0 Å². The molecule has 0 heterocycles. The van der Waals surface area contributed by atoms with Crippen molar-refractivity contribution in [1.82, 2.24) is 10.6 Å². The Balaban J connectivity index is 2.16. The lowest BCUT2D eigenvalue weighted by Gasteiger charge is -2.07. The smallest absolute Gasteiger partial charge is 0.316 e. The van der Waals surface area contributed by atoms with Crippen molar-refractivity contribution in [3.05, 3.63) is 28.7 Å². The highest BCUT2D eigenvalue weighted by atomic mass is 79.9. The predicted octanol–water partition coefficient (Wildman–Crippen LogP) is 1.73. The molecule has 0 radical (unpaired) electrons. The zero-order valence-corrected chi connectivity index (χ0v) is 15.2. The van der Waals surface area contributed by atoms with Gasteiger partial charge in [0, 0.05) is 15.9 Å². The third kappa shape index (κ3) is 9.25. The minimum atomic E-state index is -0.501. The van der Waals surface area contributed by atoms with Gasteiger partial charge in [-0.05, 0) is 30.7 Å². The van der Waals surface area contributed by atoms with E-state index in [-0.39, 0.29) is 24.8 Å². The Labute approximate surface area is 147 Å². The van der Waals surface area contributed by atoms with E-state index in [1.807, 2.05) is 31.2 Å². The molecule has 0 aromatic heterocycles. The van der Waals surface area contributed by atoms with Crippen LogP contribution in [-0.2, 0) is 19.1 Å². The molecule has 0 aliphatic carbocycles. The summed E-state index contributed by atoms with van der Waals surface area (Å²) in [7, 11) is 0. The maximum absolute atomic E-state index is 11.6. The Kier molecular flexibility index (Phi) is 9.39. The quantitative estimate of drug-likeness (QED) is 0.485. The highest BCUT2D eigenvalue weighted by Crippen LogP contribution is 2.20. The van der Waals surface area contributed by atoms with E-state index < -0.39 is 11.9 Å². The predicted molar refractivity (Wildman–Crippen MR) is 92.1 cm³/mol. The van der Waals surface area contributed by atoms with E-state index in [2.05, 4.69) is 26.6 Å². The summed E-state index contributed by atoms with van der Waals surface area (Å²) in [6.07, 6.45) is 0.827. The van der Waals surface area contributed by atoms with Gasteiger partial charge in [0.05, 0.1) is 12.3 Å². The molecule has 0 aliphatic heterocycles. The van der Waals surface area contributed by atoms with Crippen molar-refractivity contribution in [3.63, 3.8) is 0 Å². The Morgan fingerprint density at radius 3 is 2.48 bits per heavy atom. The van der Waals surface area contributed by atoms with Crippen LogP contribution in [0.25, 0.3) is 0 Å². The molecular weight excluding hydrogens is 384 g/mol.